The molecule has 3 aliphatic heterocycles. The molecule has 7 rings (SSSR count). The van der Waals surface area contributed by atoms with E-state index in [2.05, 4.69) is 9.88 Å². The summed E-state index contributed by atoms with van der Waals surface area (Å²) in [5, 5.41) is 11.7. The average Bonchev–Trinajstić information content (AvgIpc) is 3.44. The number of fused-ring (bicyclic) bond motifs is 1. The van der Waals surface area contributed by atoms with Gasteiger partial charge in [-0.05, 0) is 108 Å². The van der Waals surface area contributed by atoms with E-state index in [0.717, 1.165) is 53.9 Å². The quantitative estimate of drug-likeness (QED) is 0.162. The highest BCUT2D eigenvalue weighted by Gasteiger charge is 2.51. The maximum atomic E-state index is 14.3. The van der Waals surface area contributed by atoms with Crippen molar-refractivity contribution in [1.29, 1.82) is 0 Å². The van der Waals surface area contributed by atoms with Gasteiger partial charge in [-0.3, -0.25) is 15.0 Å². The van der Waals surface area contributed by atoms with Crippen molar-refractivity contribution >= 4 is 36.8 Å². The van der Waals surface area contributed by atoms with E-state index in [0.29, 0.717) is 35.8 Å². The molecular weight excluding hydrogens is 651 g/mol. The van der Waals surface area contributed by atoms with Gasteiger partial charge in [0.05, 0.1) is 25.7 Å². The molecule has 0 saturated carbocycles. The zero-order chi connectivity index (χ0) is 33.8. The van der Waals surface area contributed by atoms with E-state index in [4.69, 9.17) is 0 Å². The van der Waals surface area contributed by atoms with Gasteiger partial charge in [0, 0.05) is 37.2 Å². The molecule has 3 saturated heterocycles. The third-order valence-corrected chi connectivity index (χ3v) is 14.2. The van der Waals surface area contributed by atoms with Crippen LogP contribution in [0.4, 0.5) is 5.69 Å². The van der Waals surface area contributed by atoms with Gasteiger partial charge in [-0.1, -0.05) is 35.4 Å². The Kier molecular flexibility index (Phi) is 8.67. The number of nitrogens with zero attached hydrogens (tertiary/aromatic N) is 5. The number of hydrogen-bond donors (Lipinski definition) is 0. The van der Waals surface area contributed by atoms with E-state index in [1.165, 1.54) is 30.3 Å². The number of sulfonamides is 1. The summed E-state index contributed by atoms with van der Waals surface area (Å²) in [6, 6.07) is 17.7. The van der Waals surface area contributed by atoms with Crippen LogP contribution in [0, 0.1) is 35.8 Å². The Morgan fingerprint density at radius 2 is 1.48 bits per heavy atom. The van der Waals surface area contributed by atoms with Gasteiger partial charge in [0.1, 0.15) is 5.82 Å². The number of imidazole rings is 1. The Balaban J connectivity index is 1.24. The summed E-state index contributed by atoms with van der Waals surface area (Å²) in [5.41, 5.74) is 2.17. The van der Waals surface area contributed by atoms with Crippen molar-refractivity contribution in [1.82, 2.24) is 18.2 Å². The van der Waals surface area contributed by atoms with E-state index >= 15 is 0 Å². The maximum Gasteiger partial charge on any atom is 0.271 e. The first kappa shape index (κ1) is 32.9. The largest absolute Gasteiger partial charge is 0.300 e. The predicted octanol–water partition coefficient (Wildman–Crippen LogP) is 5.68. The molecule has 0 bridgehead atoms. The van der Waals surface area contributed by atoms with Crippen LogP contribution in [-0.2, 0) is 26.5 Å². The van der Waals surface area contributed by atoms with E-state index in [-0.39, 0.29) is 46.2 Å². The number of nitro benzene ring substituents is 1. The summed E-state index contributed by atoms with van der Waals surface area (Å²) in [4.78, 5) is 18.7. The fourth-order valence-corrected chi connectivity index (χ4v) is 11.6. The number of rotatable bonds is 9. The molecular formula is C35H41N5O6S2. The highest BCUT2D eigenvalue weighted by molar-refractivity contribution is 7.90. The monoisotopic (exact) mass is 691 g/mol. The number of hydrogen-bond acceptors (Lipinski definition) is 8. The van der Waals surface area contributed by atoms with Crippen LogP contribution in [0.15, 0.2) is 76.5 Å². The second-order valence-electron chi connectivity index (χ2n) is 13.6. The molecule has 13 heteroatoms. The fraction of sp³-hybridized carbons (Fsp3) is 0.457. The Bertz CT molecular complexity index is 2060. The van der Waals surface area contributed by atoms with Crippen LogP contribution in [0.2, 0.25) is 0 Å². The molecule has 1 aromatic heterocycles. The standard InChI is InChI=1S/C35H41N5O6S2/c1-24-10-15-28(16-11-24)47(43,44)38-23-26-6-4-20-37-21-5-7-30(35(26)37)32(38)8-3-9-34-36-31-19-14-27(40(41)42)22-33(31)39(34)48(45,46)29-17-12-25(2)13-18-29/h10-19,22,26,30,32,35H,3-9,20-21,23H2,1-2H3/t26-,30+,32+,35-/m0/s1. The Morgan fingerprint density at radius 1 is 0.854 bits per heavy atom. The molecule has 0 spiro atoms. The average molecular weight is 692 g/mol. The second kappa shape index (κ2) is 12.7. The summed E-state index contributed by atoms with van der Waals surface area (Å²) in [5.74, 6) is 0.728. The van der Waals surface area contributed by atoms with Gasteiger partial charge in [0.15, 0.2) is 0 Å². The number of piperidine rings is 3. The molecule has 3 aliphatic rings. The highest BCUT2D eigenvalue weighted by atomic mass is 32.2. The highest BCUT2D eigenvalue weighted by Crippen LogP contribution is 2.45. The number of non-ortho nitro benzene ring substituents is 1. The predicted molar refractivity (Wildman–Crippen MR) is 183 cm³/mol. The maximum absolute atomic E-state index is 14.3. The lowest BCUT2D eigenvalue weighted by atomic mass is 9.70. The lowest BCUT2D eigenvalue weighted by molar-refractivity contribution is -0.384. The van der Waals surface area contributed by atoms with Crippen molar-refractivity contribution in [3.05, 3.63) is 93.8 Å². The van der Waals surface area contributed by atoms with Crippen molar-refractivity contribution in [3.63, 3.8) is 0 Å². The van der Waals surface area contributed by atoms with Gasteiger partial charge in [-0.2, -0.15) is 4.31 Å². The topological polar surface area (TPSA) is 136 Å². The first-order chi connectivity index (χ1) is 22.9. The van der Waals surface area contributed by atoms with Gasteiger partial charge in [-0.25, -0.2) is 25.8 Å². The Labute approximate surface area is 281 Å². The zero-order valence-electron chi connectivity index (χ0n) is 27.2. The van der Waals surface area contributed by atoms with Crippen molar-refractivity contribution in [3.8, 4) is 0 Å². The van der Waals surface area contributed by atoms with Gasteiger partial charge >= 0.3 is 0 Å². The van der Waals surface area contributed by atoms with E-state index in [9.17, 15) is 26.9 Å². The molecule has 4 aromatic rings. The molecule has 0 amide bonds. The number of benzene rings is 3. The number of nitro groups is 1. The van der Waals surface area contributed by atoms with Gasteiger partial charge in [0.2, 0.25) is 10.0 Å². The molecule has 0 N–H and O–H groups in total. The van der Waals surface area contributed by atoms with Gasteiger partial charge in [-0.15, -0.1) is 0 Å². The van der Waals surface area contributed by atoms with E-state index in [1.54, 1.807) is 28.6 Å². The minimum absolute atomic E-state index is 0.0634. The van der Waals surface area contributed by atoms with Crippen LogP contribution in [-0.4, -0.2) is 71.6 Å². The summed E-state index contributed by atoms with van der Waals surface area (Å²) >= 11 is 0. The van der Waals surface area contributed by atoms with E-state index < -0.39 is 25.0 Å². The second-order valence-corrected chi connectivity index (χ2v) is 17.3. The minimum Gasteiger partial charge on any atom is -0.300 e. The molecule has 0 unspecified atom stereocenters. The molecule has 0 radical (unpaired) electrons. The molecule has 0 aliphatic carbocycles. The third kappa shape index (κ3) is 5.84. The SMILES string of the molecule is Cc1ccc(S(=O)(=O)N2C[C@@H]3CCCN4CCC[C@@H]([C@H]34)[C@H]2CCCc2nc3ccc([N+](=O)[O-])cc3n2S(=O)(=O)c2ccc(C)cc2)cc1. The molecule has 254 valence electrons. The van der Waals surface area contributed by atoms with Crippen molar-refractivity contribution < 1.29 is 21.8 Å². The molecule has 48 heavy (non-hydrogen) atoms. The lowest BCUT2D eigenvalue weighted by Gasteiger charge is -2.57. The van der Waals surface area contributed by atoms with Crippen LogP contribution >= 0.6 is 0 Å². The minimum atomic E-state index is -4.15. The van der Waals surface area contributed by atoms with Crippen LogP contribution in [0.25, 0.3) is 11.0 Å². The molecule has 3 fully saturated rings. The van der Waals surface area contributed by atoms with Gasteiger partial charge < -0.3 is 0 Å². The molecule has 11 nitrogen and oxygen atoms in total. The molecule has 4 heterocycles. The lowest BCUT2D eigenvalue weighted by Crippen LogP contribution is -2.65. The number of aromatic nitrogens is 2. The first-order valence-corrected chi connectivity index (χ1v) is 19.6. The summed E-state index contributed by atoms with van der Waals surface area (Å²) < 4.78 is 59.7. The summed E-state index contributed by atoms with van der Waals surface area (Å²) in [7, 11) is -7.93. The normalized spacial score (nSPS) is 23.6. The van der Waals surface area contributed by atoms with Crippen molar-refractivity contribution in [2.24, 2.45) is 11.8 Å². The zero-order valence-corrected chi connectivity index (χ0v) is 28.9. The first-order valence-electron chi connectivity index (χ1n) is 16.8. The van der Waals surface area contributed by atoms with Crippen molar-refractivity contribution in [2.45, 2.75) is 80.7 Å². The Morgan fingerprint density at radius 3 is 2.12 bits per heavy atom. The molecule has 4 atom stereocenters. The Hall–Kier alpha value is -3.65. The van der Waals surface area contributed by atoms with Crippen LogP contribution in [0.5, 0.6) is 0 Å². The fourth-order valence-electron chi connectivity index (χ4n) is 8.35. The van der Waals surface area contributed by atoms with Gasteiger partial charge in [0.25, 0.3) is 15.7 Å². The molecule has 3 aromatic carbocycles. The van der Waals surface area contributed by atoms with E-state index in [1.807, 2.05) is 26.0 Å². The van der Waals surface area contributed by atoms with Crippen LogP contribution in [0.1, 0.15) is 55.5 Å². The van der Waals surface area contributed by atoms with Crippen LogP contribution in [0.3, 0.4) is 0 Å². The smallest absolute Gasteiger partial charge is 0.271 e. The number of aryl methyl sites for hydroxylation is 3. The van der Waals surface area contributed by atoms with Crippen LogP contribution < -0.4 is 0 Å². The van der Waals surface area contributed by atoms with Crippen molar-refractivity contribution in [2.75, 3.05) is 19.6 Å². The summed E-state index contributed by atoms with van der Waals surface area (Å²) in [6.45, 7) is 6.37. The summed E-state index contributed by atoms with van der Waals surface area (Å²) in [6.07, 6.45) is 5.34. The third-order valence-electron chi connectivity index (χ3n) is 10.6.